The average Bonchev–Trinajstić information content (AvgIpc) is 3.19. The maximum Gasteiger partial charge on any atom is 0.226 e. The lowest BCUT2D eigenvalue weighted by molar-refractivity contribution is -0.130. The number of benzene rings is 1. The molecule has 4 heteroatoms. The first-order valence-corrected chi connectivity index (χ1v) is 7.98. The maximum absolute atomic E-state index is 12.3. The summed E-state index contributed by atoms with van der Waals surface area (Å²) in [6.45, 7) is 3.52. The van der Waals surface area contributed by atoms with Gasteiger partial charge in [0, 0.05) is 30.9 Å². The number of nitrogens with one attached hydrogen (secondary N) is 1. The fraction of sp³-hybridized carbons (Fsp3) is 0.444. The molecule has 1 fully saturated rings. The van der Waals surface area contributed by atoms with E-state index in [9.17, 15) is 4.79 Å². The summed E-state index contributed by atoms with van der Waals surface area (Å²) in [5.74, 6) is 0.201. The quantitative estimate of drug-likeness (QED) is 0.921. The van der Waals surface area contributed by atoms with Crippen LogP contribution in [0.1, 0.15) is 43.7 Å². The number of hydrogen-bond acceptors (Lipinski definition) is 2. The van der Waals surface area contributed by atoms with Gasteiger partial charge in [-0.1, -0.05) is 44.0 Å². The van der Waals surface area contributed by atoms with Gasteiger partial charge >= 0.3 is 0 Å². The van der Waals surface area contributed by atoms with Gasteiger partial charge in [-0.15, -0.1) is 0 Å². The molecule has 1 aliphatic carbocycles. The van der Waals surface area contributed by atoms with Gasteiger partial charge in [0.05, 0.1) is 6.33 Å². The number of amides is 1. The van der Waals surface area contributed by atoms with Crippen molar-refractivity contribution >= 4 is 5.91 Å². The van der Waals surface area contributed by atoms with E-state index < -0.39 is 0 Å². The van der Waals surface area contributed by atoms with Gasteiger partial charge in [0.15, 0.2) is 0 Å². The summed E-state index contributed by atoms with van der Waals surface area (Å²) in [5, 5.41) is 3.09. The molecule has 0 unspecified atom stereocenters. The molecule has 1 aromatic heterocycles. The van der Waals surface area contributed by atoms with E-state index in [0.29, 0.717) is 6.54 Å². The van der Waals surface area contributed by atoms with E-state index >= 15 is 0 Å². The number of carbonyl (C=O) groups excluding carboxylic acids is 1. The zero-order valence-electron chi connectivity index (χ0n) is 13.1. The van der Waals surface area contributed by atoms with Crippen LogP contribution in [0.25, 0.3) is 0 Å². The van der Waals surface area contributed by atoms with Gasteiger partial charge in [-0.05, 0) is 24.0 Å². The van der Waals surface area contributed by atoms with Crippen molar-refractivity contribution < 1.29 is 4.79 Å². The van der Waals surface area contributed by atoms with E-state index in [1.807, 2.05) is 17.1 Å². The third kappa shape index (κ3) is 3.38. The second kappa shape index (κ2) is 6.34. The minimum atomic E-state index is -0.151. The first-order chi connectivity index (χ1) is 10.7. The lowest BCUT2D eigenvalue weighted by Gasteiger charge is -2.22. The Morgan fingerprint density at radius 2 is 1.91 bits per heavy atom. The predicted octanol–water partition coefficient (Wildman–Crippen LogP) is 3.13. The van der Waals surface area contributed by atoms with Gasteiger partial charge in [0.1, 0.15) is 0 Å². The first kappa shape index (κ1) is 14.8. The van der Waals surface area contributed by atoms with Crippen molar-refractivity contribution in [2.75, 3.05) is 0 Å². The van der Waals surface area contributed by atoms with Crippen molar-refractivity contribution in [2.45, 2.75) is 45.7 Å². The summed E-state index contributed by atoms with van der Waals surface area (Å²) in [4.78, 5) is 16.3. The molecule has 1 amide bonds. The van der Waals surface area contributed by atoms with Crippen molar-refractivity contribution in [3.63, 3.8) is 0 Å². The SMILES string of the molecule is CC1(C(=O)NCc2ccc(Cn3ccnc3)cc2)CCCC1. The highest BCUT2D eigenvalue weighted by Crippen LogP contribution is 2.37. The van der Waals surface area contributed by atoms with Crippen LogP contribution in [0.2, 0.25) is 0 Å². The van der Waals surface area contributed by atoms with E-state index in [2.05, 4.69) is 41.5 Å². The van der Waals surface area contributed by atoms with Gasteiger partial charge < -0.3 is 9.88 Å². The molecule has 0 radical (unpaired) electrons. The molecule has 3 rings (SSSR count). The fourth-order valence-electron chi connectivity index (χ4n) is 3.13. The van der Waals surface area contributed by atoms with Crippen molar-refractivity contribution in [2.24, 2.45) is 5.41 Å². The summed E-state index contributed by atoms with van der Waals surface area (Å²) in [5.41, 5.74) is 2.22. The van der Waals surface area contributed by atoms with Crippen LogP contribution in [0, 0.1) is 5.41 Å². The Morgan fingerprint density at radius 3 is 2.55 bits per heavy atom. The smallest absolute Gasteiger partial charge is 0.226 e. The van der Waals surface area contributed by atoms with E-state index in [1.165, 1.54) is 18.4 Å². The molecule has 0 aliphatic heterocycles. The third-order valence-electron chi connectivity index (χ3n) is 4.66. The Kier molecular flexibility index (Phi) is 4.27. The van der Waals surface area contributed by atoms with Crippen LogP contribution in [-0.2, 0) is 17.9 Å². The monoisotopic (exact) mass is 297 g/mol. The Labute approximate surface area is 131 Å². The average molecular weight is 297 g/mol. The second-order valence-electron chi connectivity index (χ2n) is 6.50. The molecule has 0 atom stereocenters. The van der Waals surface area contributed by atoms with Crippen LogP contribution >= 0.6 is 0 Å². The standard InChI is InChI=1S/C18H23N3O/c1-18(8-2-3-9-18)17(22)20-12-15-4-6-16(7-5-15)13-21-11-10-19-14-21/h4-7,10-11,14H,2-3,8-9,12-13H2,1H3,(H,20,22). The lowest BCUT2D eigenvalue weighted by Crippen LogP contribution is -2.36. The topological polar surface area (TPSA) is 46.9 Å². The molecule has 2 aromatic rings. The van der Waals surface area contributed by atoms with Crippen LogP contribution in [0.3, 0.4) is 0 Å². The number of carbonyl (C=O) groups is 1. The number of aromatic nitrogens is 2. The highest BCUT2D eigenvalue weighted by atomic mass is 16.2. The molecule has 0 saturated heterocycles. The number of hydrogen-bond donors (Lipinski definition) is 1. The summed E-state index contributed by atoms with van der Waals surface area (Å²) < 4.78 is 2.04. The Balaban J connectivity index is 1.54. The largest absolute Gasteiger partial charge is 0.352 e. The lowest BCUT2D eigenvalue weighted by atomic mass is 9.88. The molecule has 1 saturated carbocycles. The second-order valence-corrected chi connectivity index (χ2v) is 6.50. The predicted molar refractivity (Wildman–Crippen MR) is 86.2 cm³/mol. The summed E-state index contributed by atoms with van der Waals surface area (Å²) in [6, 6.07) is 8.39. The van der Waals surface area contributed by atoms with Crippen LogP contribution < -0.4 is 5.32 Å². The maximum atomic E-state index is 12.3. The van der Waals surface area contributed by atoms with Crippen LogP contribution in [0.5, 0.6) is 0 Å². The molecule has 0 bridgehead atoms. The normalized spacial score (nSPS) is 16.6. The molecular formula is C18H23N3O. The Morgan fingerprint density at radius 1 is 1.23 bits per heavy atom. The molecular weight excluding hydrogens is 274 g/mol. The molecule has 1 heterocycles. The van der Waals surface area contributed by atoms with E-state index in [4.69, 9.17) is 0 Å². The minimum absolute atomic E-state index is 0.151. The molecule has 116 valence electrons. The molecule has 0 spiro atoms. The molecule has 22 heavy (non-hydrogen) atoms. The van der Waals surface area contributed by atoms with E-state index in [0.717, 1.165) is 24.9 Å². The van der Waals surface area contributed by atoms with Crippen molar-refractivity contribution in [3.05, 3.63) is 54.1 Å². The van der Waals surface area contributed by atoms with E-state index in [-0.39, 0.29) is 11.3 Å². The third-order valence-corrected chi connectivity index (χ3v) is 4.66. The summed E-state index contributed by atoms with van der Waals surface area (Å²) >= 11 is 0. The number of imidazole rings is 1. The van der Waals surface area contributed by atoms with Crippen molar-refractivity contribution in [1.29, 1.82) is 0 Å². The minimum Gasteiger partial charge on any atom is -0.352 e. The molecule has 1 N–H and O–H groups in total. The van der Waals surface area contributed by atoms with Gasteiger partial charge in [-0.25, -0.2) is 4.98 Å². The van der Waals surface area contributed by atoms with Gasteiger partial charge in [-0.3, -0.25) is 4.79 Å². The van der Waals surface area contributed by atoms with Crippen LogP contribution in [-0.4, -0.2) is 15.5 Å². The van der Waals surface area contributed by atoms with Gasteiger partial charge in [-0.2, -0.15) is 0 Å². The highest BCUT2D eigenvalue weighted by molar-refractivity contribution is 5.82. The zero-order valence-corrected chi connectivity index (χ0v) is 13.1. The summed E-state index contributed by atoms with van der Waals surface area (Å²) in [7, 11) is 0. The van der Waals surface area contributed by atoms with Crippen molar-refractivity contribution in [3.8, 4) is 0 Å². The molecule has 1 aromatic carbocycles. The highest BCUT2D eigenvalue weighted by Gasteiger charge is 2.35. The molecule has 4 nitrogen and oxygen atoms in total. The first-order valence-electron chi connectivity index (χ1n) is 7.98. The van der Waals surface area contributed by atoms with Crippen molar-refractivity contribution in [1.82, 2.24) is 14.9 Å². The van der Waals surface area contributed by atoms with Crippen LogP contribution in [0.4, 0.5) is 0 Å². The summed E-state index contributed by atoms with van der Waals surface area (Å²) in [6.07, 6.45) is 9.94. The zero-order chi connectivity index (χ0) is 15.4. The Hall–Kier alpha value is -2.10. The van der Waals surface area contributed by atoms with Gasteiger partial charge in [0.25, 0.3) is 0 Å². The fourth-order valence-corrected chi connectivity index (χ4v) is 3.13. The molecule has 1 aliphatic rings. The number of nitrogens with zero attached hydrogens (tertiary/aromatic N) is 2. The van der Waals surface area contributed by atoms with E-state index in [1.54, 1.807) is 6.20 Å². The van der Waals surface area contributed by atoms with Gasteiger partial charge in [0.2, 0.25) is 5.91 Å². The Bertz CT molecular complexity index is 610. The van der Waals surface area contributed by atoms with Crippen LogP contribution in [0.15, 0.2) is 43.0 Å². The number of rotatable bonds is 5.